The topological polar surface area (TPSA) is 131 Å². The third-order valence-corrected chi connectivity index (χ3v) is 10.9. The zero-order valence-corrected chi connectivity index (χ0v) is 30.2. The zero-order valence-electron chi connectivity index (χ0n) is 30.2. The van der Waals surface area contributed by atoms with E-state index in [1.807, 2.05) is 43.9 Å². The van der Waals surface area contributed by atoms with Gasteiger partial charge in [-0.25, -0.2) is 14.8 Å². The molecule has 0 aromatic carbocycles. The maximum absolute atomic E-state index is 14.4. The van der Waals surface area contributed by atoms with Crippen LogP contribution in [0.5, 0.6) is 5.75 Å². The van der Waals surface area contributed by atoms with Crippen LogP contribution in [-0.2, 0) is 9.53 Å². The Morgan fingerprint density at radius 1 is 0.980 bits per heavy atom. The summed E-state index contributed by atoms with van der Waals surface area (Å²) in [5.41, 5.74) is 3.67. The maximum Gasteiger partial charge on any atom is 0.409 e. The van der Waals surface area contributed by atoms with Crippen LogP contribution in [0.3, 0.4) is 0 Å². The minimum atomic E-state index is -0.609. The van der Waals surface area contributed by atoms with E-state index in [2.05, 4.69) is 6.07 Å². The highest BCUT2D eigenvalue weighted by molar-refractivity contribution is 5.94. The van der Waals surface area contributed by atoms with Gasteiger partial charge in [0.05, 0.1) is 18.9 Å². The van der Waals surface area contributed by atoms with Gasteiger partial charge in [-0.2, -0.15) is 0 Å². The fourth-order valence-corrected chi connectivity index (χ4v) is 7.32. The van der Waals surface area contributed by atoms with Crippen molar-refractivity contribution in [3.8, 4) is 17.0 Å². The summed E-state index contributed by atoms with van der Waals surface area (Å²) < 4.78 is 17.0. The number of nitrogens with zero attached hydrogens (tertiary/aromatic N) is 5. The average Bonchev–Trinajstić information content (AvgIpc) is 3.86. The summed E-state index contributed by atoms with van der Waals surface area (Å²) in [4.78, 5) is 44.8. The van der Waals surface area contributed by atoms with Gasteiger partial charge in [-0.3, -0.25) is 14.7 Å². The van der Waals surface area contributed by atoms with Crippen molar-refractivity contribution in [2.24, 2.45) is 17.8 Å². The largest absolute Gasteiger partial charge is 0.495 e. The normalized spacial score (nSPS) is 22.9. The number of hydrogen-bond acceptors (Lipinski definition) is 9. The lowest BCUT2D eigenvalue weighted by Crippen LogP contribution is -2.43. The van der Waals surface area contributed by atoms with Gasteiger partial charge in [-0.1, -0.05) is 13.8 Å². The van der Waals surface area contributed by atoms with Crippen molar-refractivity contribution in [1.82, 2.24) is 19.9 Å². The number of aliphatic hydroxyl groups excluding tert-OH is 1. The number of amides is 2. The number of aromatic nitrogens is 3. The van der Waals surface area contributed by atoms with Crippen LogP contribution in [0, 0.1) is 24.7 Å². The van der Waals surface area contributed by atoms with Gasteiger partial charge in [0.2, 0.25) is 5.91 Å². The number of aryl methyl sites for hydroxylation is 1. The van der Waals surface area contributed by atoms with Gasteiger partial charge in [0.15, 0.2) is 5.89 Å². The van der Waals surface area contributed by atoms with E-state index in [0.717, 1.165) is 72.8 Å². The Morgan fingerprint density at radius 3 is 2.36 bits per heavy atom. The molecular formula is C39H53N5O6. The number of anilines is 1. The van der Waals surface area contributed by atoms with Crippen LogP contribution in [-0.4, -0.2) is 76.4 Å². The fourth-order valence-electron chi connectivity index (χ4n) is 7.32. The molecule has 0 saturated heterocycles. The third-order valence-electron chi connectivity index (χ3n) is 10.9. The Balaban J connectivity index is 1.13. The summed E-state index contributed by atoms with van der Waals surface area (Å²) in [7, 11) is 3.32. The predicted octanol–water partition coefficient (Wildman–Crippen LogP) is 7.28. The van der Waals surface area contributed by atoms with Gasteiger partial charge in [0, 0.05) is 55.3 Å². The molecule has 0 bridgehead atoms. The Morgan fingerprint density at radius 2 is 1.70 bits per heavy atom. The molecule has 3 aromatic heterocycles. The zero-order chi connectivity index (χ0) is 35.4. The van der Waals surface area contributed by atoms with Gasteiger partial charge >= 0.3 is 6.09 Å². The molecule has 270 valence electrons. The molecule has 0 spiro atoms. The minimum Gasteiger partial charge on any atom is -0.495 e. The van der Waals surface area contributed by atoms with Gasteiger partial charge in [-0.05, 0) is 107 Å². The summed E-state index contributed by atoms with van der Waals surface area (Å²) in [6, 6.07) is 7.99. The molecule has 1 atom stereocenters. The van der Waals surface area contributed by atoms with E-state index in [1.54, 1.807) is 26.6 Å². The van der Waals surface area contributed by atoms with E-state index in [4.69, 9.17) is 28.8 Å². The van der Waals surface area contributed by atoms with Crippen LogP contribution in [0.25, 0.3) is 11.3 Å². The summed E-state index contributed by atoms with van der Waals surface area (Å²) in [6.07, 6.45) is 10.9. The molecule has 3 fully saturated rings. The number of pyridine rings is 2. The summed E-state index contributed by atoms with van der Waals surface area (Å²) in [6.45, 7) is 6.64. The lowest BCUT2D eigenvalue weighted by Gasteiger charge is -2.35. The molecule has 2 amide bonds. The second kappa shape index (κ2) is 15.9. The first-order chi connectivity index (χ1) is 24.1. The van der Waals surface area contributed by atoms with Gasteiger partial charge in [-0.15, -0.1) is 0 Å². The number of hydrogen-bond donors (Lipinski definition) is 1. The Labute approximate surface area is 295 Å². The first-order valence-electron chi connectivity index (χ1n) is 18.4. The predicted molar refractivity (Wildman–Crippen MR) is 190 cm³/mol. The smallest absolute Gasteiger partial charge is 0.409 e. The average molecular weight is 688 g/mol. The Hall–Kier alpha value is -3.99. The van der Waals surface area contributed by atoms with E-state index in [-0.39, 0.29) is 30.4 Å². The van der Waals surface area contributed by atoms with Crippen LogP contribution in [0.1, 0.15) is 107 Å². The quantitative estimate of drug-likeness (QED) is 0.209. The highest BCUT2D eigenvalue weighted by atomic mass is 16.6. The third kappa shape index (κ3) is 8.65. The number of ether oxygens (including phenoxy) is 2. The van der Waals surface area contributed by atoms with Crippen molar-refractivity contribution in [2.75, 3.05) is 32.1 Å². The number of carbonyl (C=O) groups is 2. The molecule has 0 aliphatic heterocycles. The molecule has 1 N–H and O–H groups in total. The second-order valence-electron chi connectivity index (χ2n) is 15.0. The molecule has 3 saturated carbocycles. The monoisotopic (exact) mass is 687 g/mol. The number of likely N-dealkylation sites (N-methyl/N-ethyl adjacent to an activating group) is 1. The first kappa shape index (κ1) is 35.8. The van der Waals surface area contributed by atoms with Gasteiger partial charge < -0.3 is 23.9 Å². The van der Waals surface area contributed by atoms with E-state index in [0.29, 0.717) is 55.8 Å². The van der Waals surface area contributed by atoms with Crippen molar-refractivity contribution in [3.63, 3.8) is 0 Å². The van der Waals surface area contributed by atoms with E-state index in [9.17, 15) is 14.7 Å². The van der Waals surface area contributed by atoms with Crippen LogP contribution in [0.15, 0.2) is 41.1 Å². The van der Waals surface area contributed by atoms with E-state index >= 15 is 0 Å². The summed E-state index contributed by atoms with van der Waals surface area (Å²) in [5.74, 6) is 3.30. The minimum absolute atomic E-state index is 0.0470. The number of carbonyl (C=O) groups excluding carboxylic acids is 2. The highest BCUT2D eigenvalue weighted by Gasteiger charge is 2.35. The molecule has 3 heterocycles. The number of methoxy groups -OCH3 is 1. The Bertz CT molecular complexity index is 1610. The molecule has 0 radical (unpaired) electrons. The first-order valence-corrected chi connectivity index (χ1v) is 18.4. The lowest BCUT2D eigenvalue weighted by molar-refractivity contribution is -0.124. The van der Waals surface area contributed by atoms with Crippen molar-refractivity contribution in [1.29, 1.82) is 0 Å². The molecule has 3 aliphatic rings. The molecule has 3 aromatic rings. The van der Waals surface area contributed by atoms with Crippen molar-refractivity contribution in [3.05, 3.63) is 54.0 Å². The molecule has 11 nitrogen and oxygen atoms in total. The number of oxazole rings is 1. The van der Waals surface area contributed by atoms with Crippen LogP contribution >= 0.6 is 0 Å². The molecule has 6 rings (SSSR count). The maximum atomic E-state index is 14.4. The van der Waals surface area contributed by atoms with Crippen molar-refractivity contribution < 1.29 is 28.6 Å². The van der Waals surface area contributed by atoms with Crippen LogP contribution < -0.4 is 9.64 Å². The summed E-state index contributed by atoms with van der Waals surface area (Å²) in [5, 5.41) is 10.2. The molecule has 50 heavy (non-hydrogen) atoms. The number of aliphatic hydroxyl groups is 1. The second-order valence-corrected chi connectivity index (χ2v) is 15.0. The number of rotatable bonds is 12. The lowest BCUT2D eigenvalue weighted by atomic mass is 9.79. The highest BCUT2D eigenvalue weighted by Crippen LogP contribution is 2.41. The molecule has 1 unspecified atom stereocenters. The Kier molecular flexibility index (Phi) is 11.4. The summed E-state index contributed by atoms with van der Waals surface area (Å²) >= 11 is 0. The SMILES string of the molecule is COc1ccc(C2CCC(CN(C(=O)C3CCC(OC(=O)N(C)CC(O)C(C)C)CC3)c3cc(-c4coc(C5CC5)n4)ccn3)CC2)nc1C. The molecule has 3 aliphatic carbocycles. The van der Waals surface area contributed by atoms with Crippen molar-refractivity contribution in [2.45, 2.75) is 109 Å². The van der Waals surface area contributed by atoms with Crippen LogP contribution in [0.2, 0.25) is 0 Å². The van der Waals surface area contributed by atoms with Gasteiger partial charge in [0.1, 0.15) is 29.6 Å². The molecule has 11 heteroatoms. The van der Waals surface area contributed by atoms with Crippen LogP contribution in [0.4, 0.5) is 10.6 Å². The van der Waals surface area contributed by atoms with E-state index < -0.39 is 12.2 Å². The fraction of sp³-hybridized carbons (Fsp3) is 0.615. The standard InChI is InChI=1S/C39H53N5O6/c1-24(2)34(45)22-43(4)39(47)50-31-14-12-29(13-15-31)38(46)44(36-20-30(18-19-40-36)33-23-49-37(42-33)28-10-11-28)21-26-6-8-27(9-7-26)32-16-17-35(48-5)25(3)41-32/h16-20,23-24,26-29,31,34,45H,6-15,21-22H2,1-5H3. The van der Waals surface area contributed by atoms with Crippen molar-refractivity contribution >= 4 is 17.8 Å². The van der Waals surface area contributed by atoms with Gasteiger partial charge in [0.25, 0.3) is 0 Å². The van der Waals surface area contributed by atoms with E-state index in [1.165, 1.54) is 4.90 Å². The molecular weight excluding hydrogens is 634 g/mol.